The summed E-state index contributed by atoms with van der Waals surface area (Å²) in [5.41, 5.74) is 2.07. The van der Waals surface area contributed by atoms with Gasteiger partial charge in [-0.2, -0.15) is 0 Å². The van der Waals surface area contributed by atoms with Crippen molar-refractivity contribution in [3.05, 3.63) is 29.8 Å². The van der Waals surface area contributed by atoms with Crippen molar-refractivity contribution in [2.24, 2.45) is 5.16 Å². The van der Waals surface area contributed by atoms with E-state index in [2.05, 4.69) is 10.5 Å². The Morgan fingerprint density at radius 1 is 1.56 bits per heavy atom. The molecule has 1 heterocycles. The quantitative estimate of drug-likeness (QED) is 0.501. The van der Waals surface area contributed by atoms with Gasteiger partial charge in [-0.25, -0.2) is 0 Å². The van der Waals surface area contributed by atoms with E-state index < -0.39 is 0 Å². The van der Waals surface area contributed by atoms with Gasteiger partial charge in [-0.05, 0) is 37.7 Å². The summed E-state index contributed by atoms with van der Waals surface area (Å²) in [4.78, 5) is 12.0. The van der Waals surface area contributed by atoms with Crippen molar-refractivity contribution in [2.45, 2.75) is 25.0 Å². The zero-order valence-corrected chi connectivity index (χ0v) is 11.0. The van der Waals surface area contributed by atoms with Crippen LogP contribution in [0.1, 0.15) is 25.3 Å². The van der Waals surface area contributed by atoms with E-state index in [1.165, 1.54) is 0 Å². The lowest BCUT2D eigenvalue weighted by Gasteiger charge is -2.10. The number of thioether (sulfide) groups is 1. The van der Waals surface area contributed by atoms with Crippen LogP contribution in [0.25, 0.3) is 0 Å². The minimum absolute atomic E-state index is 0.0632. The van der Waals surface area contributed by atoms with Gasteiger partial charge >= 0.3 is 0 Å². The highest BCUT2D eigenvalue weighted by Crippen LogP contribution is 2.27. The Kier molecular flexibility index (Phi) is 4.25. The molecule has 96 valence electrons. The van der Waals surface area contributed by atoms with E-state index in [1.54, 1.807) is 18.7 Å². The van der Waals surface area contributed by atoms with Crippen LogP contribution in [0.2, 0.25) is 0 Å². The second-order valence-electron chi connectivity index (χ2n) is 4.26. The van der Waals surface area contributed by atoms with Crippen LogP contribution in [-0.2, 0) is 4.79 Å². The molecule has 4 nitrogen and oxygen atoms in total. The molecule has 0 saturated carbocycles. The standard InChI is InChI=1S/C13H16N2O2S/c1-9(15-17)10-4-2-5-11(8-10)14-13(16)12-6-3-7-18-12/h2,4-5,8,12,17H,3,6-7H2,1H3,(H,14,16)/b15-9+. The van der Waals surface area contributed by atoms with E-state index in [0.717, 1.165) is 29.8 Å². The Bertz CT molecular complexity index is 468. The molecule has 0 aromatic heterocycles. The van der Waals surface area contributed by atoms with Gasteiger partial charge in [-0.3, -0.25) is 4.79 Å². The van der Waals surface area contributed by atoms with Gasteiger partial charge < -0.3 is 10.5 Å². The summed E-state index contributed by atoms with van der Waals surface area (Å²) in [7, 11) is 0. The van der Waals surface area contributed by atoms with Crippen molar-refractivity contribution < 1.29 is 10.0 Å². The molecular weight excluding hydrogens is 248 g/mol. The molecule has 2 N–H and O–H groups in total. The minimum atomic E-state index is 0.0632. The molecule has 1 amide bonds. The molecule has 0 spiro atoms. The SMILES string of the molecule is C/C(=N\O)c1cccc(NC(=O)C2CCCS2)c1. The van der Waals surface area contributed by atoms with Crippen LogP contribution in [-0.4, -0.2) is 27.8 Å². The molecule has 0 bridgehead atoms. The van der Waals surface area contributed by atoms with Gasteiger partial charge in [0.1, 0.15) is 0 Å². The Hall–Kier alpha value is -1.49. The van der Waals surface area contributed by atoms with Crippen molar-refractivity contribution >= 4 is 29.1 Å². The molecule has 1 saturated heterocycles. The number of carbonyl (C=O) groups is 1. The molecule has 1 aliphatic rings. The molecule has 18 heavy (non-hydrogen) atoms. The summed E-state index contributed by atoms with van der Waals surface area (Å²) in [6, 6.07) is 7.33. The molecule has 1 aliphatic heterocycles. The van der Waals surface area contributed by atoms with Gasteiger partial charge in [0.2, 0.25) is 5.91 Å². The van der Waals surface area contributed by atoms with E-state index in [4.69, 9.17) is 5.21 Å². The number of anilines is 1. The van der Waals surface area contributed by atoms with E-state index in [1.807, 2.05) is 24.3 Å². The lowest BCUT2D eigenvalue weighted by Crippen LogP contribution is -2.22. The Labute approximate surface area is 110 Å². The number of rotatable bonds is 3. The van der Waals surface area contributed by atoms with Gasteiger partial charge in [-0.15, -0.1) is 11.8 Å². The maximum Gasteiger partial charge on any atom is 0.237 e. The predicted molar refractivity (Wildman–Crippen MR) is 74.5 cm³/mol. The lowest BCUT2D eigenvalue weighted by atomic mass is 10.1. The Morgan fingerprint density at radius 3 is 3.06 bits per heavy atom. The molecule has 1 aromatic carbocycles. The second-order valence-corrected chi connectivity index (χ2v) is 5.57. The third-order valence-electron chi connectivity index (χ3n) is 2.92. The largest absolute Gasteiger partial charge is 0.411 e. The number of hydrogen-bond donors (Lipinski definition) is 2. The van der Waals surface area contributed by atoms with Gasteiger partial charge in [0.15, 0.2) is 0 Å². The molecule has 1 atom stereocenters. The number of benzene rings is 1. The van der Waals surface area contributed by atoms with Crippen molar-refractivity contribution in [1.29, 1.82) is 0 Å². The number of nitrogens with zero attached hydrogens (tertiary/aromatic N) is 1. The lowest BCUT2D eigenvalue weighted by molar-refractivity contribution is -0.115. The maximum atomic E-state index is 12.0. The zero-order valence-electron chi connectivity index (χ0n) is 10.2. The van der Waals surface area contributed by atoms with Crippen LogP contribution in [0.3, 0.4) is 0 Å². The normalized spacial score (nSPS) is 19.8. The van der Waals surface area contributed by atoms with Crippen molar-refractivity contribution in [1.82, 2.24) is 0 Å². The Morgan fingerprint density at radius 2 is 2.39 bits per heavy atom. The first-order valence-electron chi connectivity index (χ1n) is 5.92. The van der Waals surface area contributed by atoms with Gasteiger partial charge in [0.05, 0.1) is 11.0 Å². The molecule has 1 aromatic rings. The van der Waals surface area contributed by atoms with Crippen LogP contribution in [0.5, 0.6) is 0 Å². The van der Waals surface area contributed by atoms with Crippen LogP contribution < -0.4 is 5.32 Å². The molecule has 1 unspecified atom stereocenters. The first-order chi connectivity index (χ1) is 8.70. The number of hydrogen-bond acceptors (Lipinski definition) is 4. The molecular formula is C13H16N2O2S. The zero-order chi connectivity index (χ0) is 13.0. The van der Waals surface area contributed by atoms with Crippen LogP contribution in [0.15, 0.2) is 29.4 Å². The number of oxime groups is 1. The van der Waals surface area contributed by atoms with E-state index in [0.29, 0.717) is 5.71 Å². The third kappa shape index (κ3) is 3.04. The summed E-state index contributed by atoms with van der Waals surface area (Å²) >= 11 is 1.71. The minimum Gasteiger partial charge on any atom is -0.411 e. The number of amides is 1. The molecule has 0 radical (unpaired) electrons. The van der Waals surface area contributed by atoms with Crippen LogP contribution >= 0.6 is 11.8 Å². The molecule has 1 fully saturated rings. The summed E-state index contributed by atoms with van der Waals surface area (Å²) in [6.45, 7) is 1.72. The smallest absolute Gasteiger partial charge is 0.237 e. The highest BCUT2D eigenvalue weighted by Gasteiger charge is 2.23. The van der Waals surface area contributed by atoms with Crippen LogP contribution in [0.4, 0.5) is 5.69 Å². The summed E-state index contributed by atoms with van der Waals surface area (Å²) in [6.07, 6.45) is 2.06. The number of carbonyl (C=O) groups excluding carboxylic acids is 1. The third-order valence-corrected chi connectivity index (χ3v) is 4.30. The molecule has 0 aliphatic carbocycles. The molecule has 2 rings (SSSR count). The van der Waals surface area contributed by atoms with Crippen molar-refractivity contribution in [3.63, 3.8) is 0 Å². The van der Waals surface area contributed by atoms with E-state index in [-0.39, 0.29) is 11.2 Å². The predicted octanol–water partition coefficient (Wildman–Crippen LogP) is 2.72. The fraction of sp³-hybridized carbons (Fsp3) is 0.385. The van der Waals surface area contributed by atoms with Crippen LogP contribution in [0, 0.1) is 0 Å². The topological polar surface area (TPSA) is 61.7 Å². The van der Waals surface area contributed by atoms with Gasteiger partial charge in [0, 0.05) is 11.3 Å². The maximum absolute atomic E-state index is 12.0. The Balaban J connectivity index is 2.07. The van der Waals surface area contributed by atoms with Gasteiger partial charge in [0.25, 0.3) is 0 Å². The van der Waals surface area contributed by atoms with Gasteiger partial charge in [-0.1, -0.05) is 17.3 Å². The summed E-state index contributed by atoms with van der Waals surface area (Å²) in [5.74, 6) is 1.13. The molecule has 5 heteroatoms. The second kappa shape index (κ2) is 5.91. The summed E-state index contributed by atoms with van der Waals surface area (Å²) < 4.78 is 0. The first-order valence-corrected chi connectivity index (χ1v) is 6.97. The highest BCUT2D eigenvalue weighted by molar-refractivity contribution is 8.00. The first kappa shape index (κ1) is 13.0. The summed E-state index contributed by atoms with van der Waals surface area (Å²) in [5, 5.41) is 14.9. The number of nitrogens with one attached hydrogen (secondary N) is 1. The highest BCUT2D eigenvalue weighted by atomic mass is 32.2. The average Bonchev–Trinajstić information content (AvgIpc) is 2.92. The van der Waals surface area contributed by atoms with Crippen molar-refractivity contribution in [3.8, 4) is 0 Å². The fourth-order valence-electron chi connectivity index (χ4n) is 1.89. The van der Waals surface area contributed by atoms with E-state index >= 15 is 0 Å². The average molecular weight is 264 g/mol. The van der Waals surface area contributed by atoms with E-state index in [9.17, 15) is 4.79 Å². The fourth-order valence-corrected chi connectivity index (χ4v) is 3.05. The van der Waals surface area contributed by atoms with Crippen molar-refractivity contribution in [2.75, 3.05) is 11.1 Å². The monoisotopic (exact) mass is 264 g/mol.